The number of nitrogens with zero attached hydrogens (tertiary/aromatic N) is 3. The van der Waals surface area contributed by atoms with Crippen molar-refractivity contribution in [1.82, 2.24) is 15.0 Å². The maximum Gasteiger partial charge on any atom is 0.216 e. The average Bonchev–Trinajstić information content (AvgIpc) is 3.53. The molecule has 0 aliphatic heterocycles. The molecule has 0 atom stereocenters. The molecule has 0 aliphatic carbocycles. The standard InChI is InChI=1S/C28H25N2O.C12H10N.Ir/c1-18(2)25-16-26(29-17-19(25)3)24-11-7-10-22-23-15-14-21(30-28(23)31-27(22)24)13-12-20-8-5-4-6-9-20;1-10-7-8-12(13-9-10)11-5-3-2-4-6-11;/h4-10,14-18H,12-13H2,1-3H3;2-5,7-9H,1H3;/q2*-1;/i3D3,12D2,13D2,18D;1D3;. The fourth-order valence-electron chi connectivity index (χ4n) is 4.65. The van der Waals surface area contributed by atoms with E-state index in [1.165, 1.54) is 30.6 Å². The van der Waals surface area contributed by atoms with Crippen molar-refractivity contribution in [1.29, 1.82) is 0 Å². The minimum atomic E-state index is -2.47. The third kappa shape index (κ3) is 7.45. The molecule has 1 radical (unpaired) electrons. The molecule has 7 aromatic rings. The van der Waals surface area contributed by atoms with E-state index in [-0.39, 0.29) is 48.2 Å². The van der Waals surface area contributed by atoms with Crippen molar-refractivity contribution in [2.75, 3.05) is 0 Å². The Morgan fingerprint density at radius 2 is 1.67 bits per heavy atom. The summed E-state index contributed by atoms with van der Waals surface area (Å²) < 4.78 is 94.3. The number of rotatable bonds is 6. The molecule has 0 N–H and O–H groups in total. The minimum absolute atomic E-state index is 0. The smallest absolute Gasteiger partial charge is 0.216 e. The quantitative estimate of drug-likeness (QED) is 0.158. The first-order chi connectivity index (χ1) is 25.7. The third-order valence-electron chi connectivity index (χ3n) is 6.85. The molecule has 0 saturated heterocycles. The molecule has 7 rings (SSSR count). The normalized spacial score (nSPS) is 15.9. The van der Waals surface area contributed by atoms with Gasteiger partial charge >= 0.3 is 0 Å². The van der Waals surface area contributed by atoms with Crippen molar-refractivity contribution in [2.24, 2.45) is 0 Å². The molecule has 0 saturated carbocycles. The van der Waals surface area contributed by atoms with Crippen molar-refractivity contribution in [2.45, 2.75) is 46.2 Å². The van der Waals surface area contributed by atoms with Crippen LogP contribution in [-0.4, -0.2) is 15.0 Å². The van der Waals surface area contributed by atoms with Gasteiger partial charge in [0.25, 0.3) is 0 Å². The molecule has 0 spiro atoms. The van der Waals surface area contributed by atoms with Crippen molar-refractivity contribution < 1.29 is 39.6 Å². The molecule has 0 amide bonds. The van der Waals surface area contributed by atoms with E-state index in [1.807, 2.05) is 18.2 Å². The van der Waals surface area contributed by atoms with Gasteiger partial charge in [0.2, 0.25) is 5.71 Å². The minimum Gasteiger partial charge on any atom is -0.486 e. The van der Waals surface area contributed by atoms with Gasteiger partial charge in [-0.15, -0.1) is 54.1 Å². The van der Waals surface area contributed by atoms with E-state index >= 15 is 0 Å². The van der Waals surface area contributed by atoms with Crippen LogP contribution in [0.4, 0.5) is 0 Å². The Bertz CT molecular complexity index is 2440. The first-order valence-electron chi connectivity index (χ1n) is 19.4. The molecule has 5 heteroatoms. The second kappa shape index (κ2) is 14.6. The summed E-state index contributed by atoms with van der Waals surface area (Å²) in [5, 5.41) is 1.26. The predicted octanol–water partition coefficient (Wildman–Crippen LogP) is 9.91. The summed E-state index contributed by atoms with van der Waals surface area (Å²) >= 11 is 0. The van der Waals surface area contributed by atoms with Crippen LogP contribution in [0.5, 0.6) is 0 Å². The number of aromatic nitrogens is 3. The average molecular weight is 777 g/mol. The van der Waals surface area contributed by atoms with Crippen LogP contribution >= 0.6 is 0 Å². The fourth-order valence-corrected chi connectivity index (χ4v) is 4.65. The Balaban J connectivity index is 0.000000295. The molecular formula is C40H35IrN3O-2. The van der Waals surface area contributed by atoms with Crippen LogP contribution in [0, 0.1) is 25.8 Å². The van der Waals surface area contributed by atoms with Gasteiger partial charge in [-0.2, -0.15) is 0 Å². The van der Waals surface area contributed by atoms with Gasteiger partial charge in [-0.05, 0) is 78.1 Å². The van der Waals surface area contributed by atoms with E-state index < -0.39 is 32.3 Å². The molecule has 4 aromatic heterocycles. The number of fused-ring (bicyclic) bond motifs is 3. The molecule has 0 fully saturated rings. The van der Waals surface area contributed by atoms with E-state index in [4.69, 9.17) is 19.5 Å². The predicted molar refractivity (Wildman–Crippen MR) is 180 cm³/mol. The number of hydrogen-bond donors (Lipinski definition) is 0. The van der Waals surface area contributed by atoms with Gasteiger partial charge in [-0.25, -0.2) is 4.98 Å². The number of aryl methyl sites for hydroxylation is 4. The first-order valence-corrected chi connectivity index (χ1v) is 13.9. The monoisotopic (exact) mass is 777 g/mol. The molecule has 227 valence electrons. The van der Waals surface area contributed by atoms with Crippen LogP contribution in [0.3, 0.4) is 0 Å². The zero-order chi connectivity index (χ0) is 40.0. The Kier molecular flexibility index (Phi) is 6.65. The number of pyridine rings is 3. The van der Waals surface area contributed by atoms with Gasteiger partial charge < -0.3 is 14.4 Å². The van der Waals surface area contributed by atoms with Gasteiger partial charge in [-0.3, -0.25) is 0 Å². The molecule has 4 heterocycles. The number of furan rings is 1. The Hall–Kier alpha value is -4.44. The van der Waals surface area contributed by atoms with E-state index in [9.17, 15) is 0 Å². The Morgan fingerprint density at radius 3 is 2.40 bits per heavy atom. The summed E-state index contributed by atoms with van der Waals surface area (Å²) in [5.41, 5.74) is 3.54. The first kappa shape index (κ1) is 20.6. The molecule has 0 bridgehead atoms. The SMILES string of the molecule is [2H]C([2H])([2H])c1ccc(-c2[c-]cccc2)nc1.[2H]C([2H])([2H])c1cnc(-c2[c-]ccc3c2oc2nc(C([2H])([2H])C([2H])([2H])c4ccccc4)ccc23)cc1C([2H])(C)C.[Ir]. The van der Waals surface area contributed by atoms with Gasteiger partial charge in [0.15, 0.2) is 0 Å². The molecule has 3 aromatic carbocycles. The zero-order valence-electron chi connectivity index (χ0n) is 35.5. The van der Waals surface area contributed by atoms with Crippen LogP contribution in [0.15, 0.2) is 114 Å². The summed E-state index contributed by atoms with van der Waals surface area (Å²) in [4.78, 5) is 12.9. The summed E-state index contributed by atoms with van der Waals surface area (Å²) in [6.07, 6.45) is -2.19. The Labute approximate surface area is 294 Å². The summed E-state index contributed by atoms with van der Waals surface area (Å²) in [5.74, 6) is -1.21. The van der Waals surface area contributed by atoms with Crippen LogP contribution in [0.25, 0.3) is 44.6 Å². The maximum absolute atomic E-state index is 8.65. The van der Waals surface area contributed by atoms with Gasteiger partial charge in [0, 0.05) is 58.7 Å². The molecule has 0 aliphatic rings. The van der Waals surface area contributed by atoms with Gasteiger partial charge in [-0.1, -0.05) is 73.3 Å². The maximum atomic E-state index is 8.65. The summed E-state index contributed by atoms with van der Waals surface area (Å²) in [7, 11) is 0. The van der Waals surface area contributed by atoms with Crippen LogP contribution in [0.2, 0.25) is 0 Å². The molecule has 4 nitrogen and oxygen atoms in total. The molecule has 45 heavy (non-hydrogen) atoms. The van der Waals surface area contributed by atoms with Crippen molar-refractivity contribution in [3.8, 4) is 22.5 Å². The van der Waals surface area contributed by atoms with E-state index in [0.717, 1.165) is 11.3 Å². The van der Waals surface area contributed by atoms with E-state index in [2.05, 4.69) is 27.1 Å². The second-order valence-electron chi connectivity index (χ2n) is 10.2. The number of hydrogen-bond acceptors (Lipinski definition) is 4. The number of benzene rings is 3. The van der Waals surface area contributed by atoms with E-state index in [1.54, 1.807) is 74.5 Å². The molecular weight excluding hydrogens is 731 g/mol. The second-order valence-corrected chi connectivity index (χ2v) is 10.2. The largest absolute Gasteiger partial charge is 0.486 e. The van der Waals surface area contributed by atoms with Crippen LogP contribution < -0.4 is 0 Å². The summed E-state index contributed by atoms with van der Waals surface area (Å²) in [6, 6.07) is 33.1. The van der Waals surface area contributed by atoms with Crippen LogP contribution in [0.1, 0.15) is 62.8 Å². The van der Waals surface area contributed by atoms with Crippen molar-refractivity contribution in [3.63, 3.8) is 0 Å². The van der Waals surface area contributed by atoms with Crippen molar-refractivity contribution >= 4 is 22.1 Å². The topological polar surface area (TPSA) is 51.8 Å². The summed E-state index contributed by atoms with van der Waals surface area (Å²) in [6.45, 7) is -1.30. The third-order valence-corrected chi connectivity index (χ3v) is 6.85. The van der Waals surface area contributed by atoms with Crippen molar-refractivity contribution in [3.05, 3.63) is 150 Å². The van der Waals surface area contributed by atoms with Gasteiger partial charge in [0.05, 0.1) is 5.58 Å². The fraction of sp³-hybridized carbons (Fsp3) is 0.175. The van der Waals surface area contributed by atoms with Gasteiger partial charge in [0.1, 0.15) is 0 Å². The van der Waals surface area contributed by atoms with Crippen LogP contribution in [-0.2, 0) is 32.9 Å². The Morgan fingerprint density at radius 1 is 0.822 bits per heavy atom. The zero-order valence-corrected chi connectivity index (χ0v) is 26.9. The van der Waals surface area contributed by atoms with E-state index in [0.29, 0.717) is 33.2 Å². The molecule has 0 unspecified atom stereocenters.